The molecule has 3 aliphatic carbocycles. The van der Waals surface area contributed by atoms with Crippen LogP contribution in [-0.4, -0.2) is 23.1 Å². The number of carbonyl (C=O) groups excluding carboxylic acids is 1. The van der Waals surface area contributed by atoms with E-state index in [1.54, 1.807) is 0 Å². The highest BCUT2D eigenvalue weighted by Crippen LogP contribution is 2.42. The van der Waals surface area contributed by atoms with Gasteiger partial charge in [0.2, 0.25) is 5.96 Å². The van der Waals surface area contributed by atoms with Gasteiger partial charge in [-0.1, -0.05) is 25.3 Å². The third kappa shape index (κ3) is 7.22. The number of hydrogen-bond donors (Lipinski definition) is 3. The Morgan fingerprint density at radius 3 is 2.25 bits per heavy atom. The van der Waals surface area contributed by atoms with E-state index in [0.717, 1.165) is 68.5 Å². The first-order valence-corrected chi connectivity index (χ1v) is 11.1. The van der Waals surface area contributed by atoms with Gasteiger partial charge in [-0.15, -0.1) is 0 Å². The van der Waals surface area contributed by atoms with Gasteiger partial charge in [0.15, 0.2) is 0 Å². The topological polar surface area (TPSA) is 87.7 Å². The zero-order valence-electron chi connectivity index (χ0n) is 18.0. The molecule has 0 unspecified atom stereocenters. The molecule has 4 rings (SSSR count). The van der Waals surface area contributed by atoms with Crippen molar-refractivity contribution in [2.24, 2.45) is 16.6 Å². The standard InChI is InChI=1S/C18H18F3N3O.C6H12O/c19-18(20,21)13-9-7-12(8-10-13)16(25)24-17(22)23-15-4-2-1-3-14(15)11-5-6-11;7-6-4-2-1-3-5-6/h2,4,7-11H,1,3,5-6H2,(H3,22,23,24,25);6-7H,1-5H2. The van der Waals surface area contributed by atoms with Gasteiger partial charge < -0.3 is 10.8 Å². The number of halogens is 3. The molecular weight excluding hydrogens is 419 g/mol. The molecule has 4 N–H and O–H groups in total. The first kappa shape index (κ1) is 24.0. The summed E-state index contributed by atoms with van der Waals surface area (Å²) in [5, 5.41) is 11.3. The van der Waals surface area contributed by atoms with Crippen LogP contribution in [0.2, 0.25) is 0 Å². The van der Waals surface area contributed by atoms with Gasteiger partial charge in [-0.25, -0.2) is 4.99 Å². The number of hydrogen-bond acceptors (Lipinski definition) is 3. The van der Waals surface area contributed by atoms with Crippen LogP contribution in [-0.2, 0) is 6.18 Å². The van der Waals surface area contributed by atoms with Gasteiger partial charge in [0.05, 0.1) is 17.4 Å². The fourth-order valence-electron chi connectivity index (χ4n) is 3.86. The van der Waals surface area contributed by atoms with E-state index in [1.807, 2.05) is 12.2 Å². The van der Waals surface area contributed by atoms with Crippen LogP contribution in [0.25, 0.3) is 0 Å². The fourth-order valence-corrected chi connectivity index (χ4v) is 3.86. The van der Waals surface area contributed by atoms with Crippen molar-refractivity contribution >= 4 is 11.9 Å². The van der Waals surface area contributed by atoms with Gasteiger partial charge in [0.1, 0.15) is 0 Å². The number of amides is 1. The molecule has 0 bridgehead atoms. The summed E-state index contributed by atoms with van der Waals surface area (Å²) in [6.07, 6.45) is 9.62. The molecule has 0 aromatic heterocycles. The molecule has 0 radical (unpaired) electrons. The summed E-state index contributed by atoms with van der Waals surface area (Å²) in [4.78, 5) is 16.4. The monoisotopic (exact) mass is 449 g/mol. The predicted molar refractivity (Wildman–Crippen MR) is 118 cm³/mol. The van der Waals surface area contributed by atoms with Crippen LogP contribution in [0.15, 0.2) is 52.7 Å². The van der Waals surface area contributed by atoms with Crippen molar-refractivity contribution in [3.8, 4) is 0 Å². The normalized spacial score (nSPS) is 19.9. The Bertz CT molecular complexity index is 879. The third-order valence-corrected chi connectivity index (χ3v) is 5.79. The number of carbonyl (C=O) groups is 1. The number of guanidine groups is 1. The van der Waals surface area contributed by atoms with E-state index in [2.05, 4.69) is 10.3 Å². The second kappa shape index (κ2) is 10.8. The maximum absolute atomic E-state index is 12.5. The van der Waals surface area contributed by atoms with Crippen molar-refractivity contribution in [1.82, 2.24) is 5.32 Å². The largest absolute Gasteiger partial charge is 0.416 e. The van der Waals surface area contributed by atoms with E-state index in [0.29, 0.717) is 5.92 Å². The van der Waals surface area contributed by atoms with Crippen molar-refractivity contribution in [2.45, 2.75) is 70.1 Å². The lowest BCUT2D eigenvalue weighted by Gasteiger charge is -2.14. The van der Waals surface area contributed by atoms with Crippen LogP contribution in [0.4, 0.5) is 13.2 Å². The van der Waals surface area contributed by atoms with E-state index < -0.39 is 17.6 Å². The molecule has 2 fully saturated rings. The van der Waals surface area contributed by atoms with Gasteiger partial charge in [-0.3, -0.25) is 10.1 Å². The Labute approximate surface area is 186 Å². The number of aliphatic hydroxyl groups is 1. The van der Waals surface area contributed by atoms with Crippen LogP contribution in [0.5, 0.6) is 0 Å². The molecule has 5 nitrogen and oxygen atoms in total. The second-order valence-corrected chi connectivity index (χ2v) is 8.44. The third-order valence-electron chi connectivity index (χ3n) is 5.79. The molecule has 8 heteroatoms. The highest BCUT2D eigenvalue weighted by atomic mass is 19.4. The Balaban J connectivity index is 0.000000352. The smallest absolute Gasteiger partial charge is 0.393 e. The van der Waals surface area contributed by atoms with Crippen molar-refractivity contribution in [3.05, 3.63) is 58.8 Å². The van der Waals surface area contributed by atoms with Crippen molar-refractivity contribution in [2.75, 3.05) is 0 Å². The maximum atomic E-state index is 12.5. The van der Waals surface area contributed by atoms with E-state index in [-0.39, 0.29) is 17.6 Å². The second-order valence-electron chi connectivity index (χ2n) is 8.44. The first-order chi connectivity index (χ1) is 15.2. The average Bonchev–Trinajstić information content (AvgIpc) is 3.60. The average molecular weight is 450 g/mol. The maximum Gasteiger partial charge on any atom is 0.416 e. The van der Waals surface area contributed by atoms with Gasteiger partial charge >= 0.3 is 6.18 Å². The van der Waals surface area contributed by atoms with E-state index in [1.165, 1.54) is 24.8 Å². The summed E-state index contributed by atoms with van der Waals surface area (Å²) >= 11 is 0. The van der Waals surface area contributed by atoms with Crippen LogP contribution < -0.4 is 11.1 Å². The molecular formula is C24H30F3N3O2. The number of benzene rings is 1. The molecule has 32 heavy (non-hydrogen) atoms. The molecule has 0 aliphatic heterocycles. The molecule has 1 aromatic rings. The fraction of sp³-hybridized carbons (Fsp3) is 0.500. The Morgan fingerprint density at radius 2 is 1.72 bits per heavy atom. The van der Waals surface area contributed by atoms with E-state index >= 15 is 0 Å². The number of nitrogens with two attached hydrogens (primary N) is 1. The summed E-state index contributed by atoms with van der Waals surface area (Å²) in [6.45, 7) is 0. The lowest BCUT2D eigenvalue weighted by Crippen LogP contribution is -2.36. The SMILES string of the molecule is NC(=NC1=C(C2CC2)CCC=C1)NC(=O)c1ccc(C(F)(F)F)cc1.OC1CCCCC1. The molecule has 0 atom stereocenters. The van der Waals surface area contributed by atoms with Crippen molar-refractivity contribution in [3.63, 3.8) is 0 Å². The lowest BCUT2D eigenvalue weighted by molar-refractivity contribution is -0.137. The minimum Gasteiger partial charge on any atom is -0.393 e. The minimum absolute atomic E-state index is 0.0359. The van der Waals surface area contributed by atoms with Gasteiger partial charge in [-0.05, 0) is 80.4 Å². The summed E-state index contributed by atoms with van der Waals surface area (Å²) < 4.78 is 37.6. The molecule has 0 saturated heterocycles. The zero-order valence-corrected chi connectivity index (χ0v) is 18.0. The molecule has 0 heterocycles. The molecule has 3 aliphatic rings. The van der Waals surface area contributed by atoms with Crippen LogP contribution in [0, 0.1) is 5.92 Å². The molecule has 1 amide bonds. The highest BCUT2D eigenvalue weighted by molar-refractivity contribution is 6.05. The minimum atomic E-state index is -4.44. The van der Waals surface area contributed by atoms with Crippen LogP contribution in [0.3, 0.4) is 0 Å². The molecule has 1 aromatic carbocycles. The summed E-state index contributed by atoms with van der Waals surface area (Å²) in [7, 11) is 0. The predicted octanol–water partition coefficient (Wildman–Crippen LogP) is 5.08. The number of nitrogens with zero attached hydrogens (tertiary/aromatic N) is 1. The van der Waals surface area contributed by atoms with Gasteiger partial charge in [0, 0.05) is 5.56 Å². The molecule has 174 valence electrons. The summed E-state index contributed by atoms with van der Waals surface area (Å²) in [5.41, 5.74) is 7.11. The van der Waals surface area contributed by atoms with E-state index in [4.69, 9.17) is 10.8 Å². The number of aliphatic imine (C=N–C) groups is 1. The quantitative estimate of drug-likeness (QED) is 0.444. The lowest BCUT2D eigenvalue weighted by atomic mass is 9.98. The number of alkyl halides is 3. The zero-order chi connectivity index (χ0) is 23.1. The highest BCUT2D eigenvalue weighted by Gasteiger charge is 2.30. The van der Waals surface area contributed by atoms with Gasteiger partial charge in [-0.2, -0.15) is 13.2 Å². The number of nitrogens with one attached hydrogen (secondary N) is 1. The number of allylic oxidation sites excluding steroid dienone is 3. The van der Waals surface area contributed by atoms with Gasteiger partial charge in [0.25, 0.3) is 5.91 Å². The molecule has 0 spiro atoms. The summed E-state index contributed by atoms with van der Waals surface area (Å²) in [5.74, 6) is -0.102. The van der Waals surface area contributed by atoms with Crippen molar-refractivity contribution < 1.29 is 23.1 Å². The first-order valence-electron chi connectivity index (χ1n) is 11.1. The van der Waals surface area contributed by atoms with E-state index in [9.17, 15) is 18.0 Å². The Hall–Kier alpha value is -2.61. The van der Waals surface area contributed by atoms with Crippen molar-refractivity contribution in [1.29, 1.82) is 0 Å². The van der Waals surface area contributed by atoms with Crippen LogP contribution >= 0.6 is 0 Å². The summed E-state index contributed by atoms with van der Waals surface area (Å²) in [6, 6.07) is 3.95. The Kier molecular flexibility index (Phi) is 8.12. The number of rotatable bonds is 3. The Morgan fingerprint density at radius 1 is 1.06 bits per heavy atom. The molecule has 2 saturated carbocycles. The number of aliphatic hydroxyl groups excluding tert-OH is 1. The van der Waals surface area contributed by atoms with Crippen LogP contribution in [0.1, 0.15) is 73.7 Å².